The number of carboxylic acids is 1. The van der Waals surface area contributed by atoms with Crippen LogP contribution in [0.25, 0.3) is 0 Å². The second kappa shape index (κ2) is 6.28. The Morgan fingerprint density at radius 3 is 2.61 bits per heavy atom. The molecule has 0 unspecified atom stereocenters. The summed E-state index contributed by atoms with van der Waals surface area (Å²) < 4.78 is 0. The number of hydrogen-bond acceptors (Lipinski definition) is 2. The molecule has 0 aliphatic carbocycles. The molecular weight excluding hydrogens is 279 g/mol. The van der Waals surface area contributed by atoms with Crippen LogP contribution >= 0.6 is 23.2 Å². The van der Waals surface area contributed by atoms with Crippen molar-refractivity contribution in [2.24, 2.45) is 0 Å². The number of anilines is 1. The molecule has 0 heterocycles. The van der Waals surface area contributed by atoms with E-state index in [0.29, 0.717) is 0 Å². The minimum Gasteiger partial charge on any atom is -0.478 e. The zero-order valence-corrected chi connectivity index (χ0v) is 10.7. The van der Waals surface area contributed by atoms with E-state index in [9.17, 15) is 9.59 Å². The lowest BCUT2D eigenvalue weighted by molar-refractivity contribution is 0.0698. The highest BCUT2D eigenvalue weighted by Crippen LogP contribution is 2.30. The number of amides is 2. The minimum absolute atomic E-state index is 0.00451. The summed E-state index contributed by atoms with van der Waals surface area (Å²) in [5.74, 6) is -1.24. The topological polar surface area (TPSA) is 78.4 Å². The first kappa shape index (κ1) is 14.3. The van der Waals surface area contributed by atoms with Gasteiger partial charge in [0.2, 0.25) is 0 Å². The van der Waals surface area contributed by atoms with Gasteiger partial charge >= 0.3 is 12.0 Å². The van der Waals surface area contributed by atoms with Gasteiger partial charge in [-0.15, -0.1) is 6.58 Å². The molecule has 0 spiro atoms. The Morgan fingerprint density at radius 1 is 1.39 bits per heavy atom. The van der Waals surface area contributed by atoms with Crippen LogP contribution in [0.15, 0.2) is 24.8 Å². The van der Waals surface area contributed by atoms with Crippen LogP contribution in [0.1, 0.15) is 10.4 Å². The van der Waals surface area contributed by atoms with E-state index in [-0.39, 0.29) is 27.8 Å². The Kier molecular flexibility index (Phi) is 5.00. The molecule has 5 nitrogen and oxygen atoms in total. The number of halogens is 2. The zero-order chi connectivity index (χ0) is 13.7. The number of benzene rings is 1. The van der Waals surface area contributed by atoms with Gasteiger partial charge in [-0.1, -0.05) is 29.3 Å². The average molecular weight is 289 g/mol. The molecule has 0 aliphatic rings. The van der Waals surface area contributed by atoms with Crippen molar-refractivity contribution in [3.05, 3.63) is 40.4 Å². The number of carbonyl (C=O) groups is 2. The van der Waals surface area contributed by atoms with Gasteiger partial charge in [0.15, 0.2) is 0 Å². The van der Waals surface area contributed by atoms with Gasteiger partial charge in [-0.3, -0.25) is 0 Å². The predicted molar refractivity (Wildman–Crippen MR) is 70.6 cm³/mol. The third-order valence-corrected chi connectivity index (χ3v) is 2.45. The maximum atomic E-state index is 11.4. The summed E-state index contributed by atoms with van der Waals surface area (Å²) in [6.45, 7) is 3.68. The standard InChI is InChI=1S/C11H10Cl2N2O3/c1-2-3-14-11(18)15-9-7(10(16)17)4-6(12)5-8(9)13/h2,4-5H,1,3H2,(H,16,17)(H2,14,15,18). The molecule has 18 heavy (non-hydrogen) atoms. The van der Waals surface area contributed by atoms with Crippen LogP contribution in [0, 0.1) is 0 Å². The third kappa shape index (κ3) is 3.65. The highest BCUT2D eigenvalue weighted by molar-refractivity contribution is 6.37. The quantitative estimate of drug-likeness (QED) is 0.745. The zero-order valence-electron chi connectivity index (χ0n) is 9.17. The molecule has 0 saturated heterocycles. The SMILES string of the molecule is C=CCNC(=O)Nc1c(Cl)cc(Cl)cc1C(=O)O. The summed E-state index contributed by atoms with van der Waals surface area (Å²) in [6, 6.07) is 1.97. The lowest BCUT2D eigenvalue weighted by Gasteiger charge is -2.11. The molecule has 0 aromatic heterocycles. The maximum Gasteiger partial charge on any atom is 0.337 e. The van der Waals surface area contributed by atoms with E-state index in [4.69, 9.17) is 28.3 Å². The molecule has 1 rings (SSSR count). The van der Waals surface area contributed by atoms with Gasteiger partial charge in [0.25, 0.3) is 0 Å². The Balaban J connectivity index is 3.03. The van der Waals surface area contributed by atoms with Gasteiger partial charge in [-0.2, -0.15) is 0 Å². The van der Waals surface area contributed by atoms with Crippen molar-refractivity contribution in [2.45, 2.75) is 0 Å². The molecule has 2 amide bonds. The number of carbonyl (C=O) groups excluding carboxylic acids is 1. The van der Waals surface area contributed by atoms with Crippen molar-refractivity contribution in [3.63, 3.8) is 0 Å². The van der Waals surface area contributed by atoms with Crippen LogP contribution in [0.3, 0.4) is 0 Å². The summed E-state index contributed by atoms with van der Waals surface area (Å²) in [5, 5.41) is 14.0. The van der Waals surface area contributed by atoms with Gasteiger partial charge in [-0.05, 0) is 12.1 Å². The van der Waals surface area contributed by atoms with Crippen LogP contribution in [0.2, 0.25) is 10.0 Å². The lowest BCUT2D eigenvalue weighted by atomic mass is 10.2. The molecule has 1 aromatic rings. The number of hydrogen-bond donors (Lipinski definition) is 3. The smallest absolute Gasteiger partial charge is 0.337 e. The second-order valence-corrected chi connectivity index (χ2v) is 4.08. The molecule has 0 aliphatic heterocycles. The fraction of sp³-hybridized carbons (Fsp3) is 0.0909. The monoisotopic (exact) mass is 288 g/mol. The van der Waals surface area contributed by atoms with Gasteiger partial charge in [-0.25, -0.2) is 9.59 Å². The Hall–Kier alpha value is -1.72. The normalized spacial score (nSPS) is 9.67. The molecule has 7 heteroatoms. The van der Waals surface area contributed by atoms with Crippen molar-refractivity contribution < 1.29 is 14.7 Å². The van der Waals surface area contributed by atoms with Crippen LogP contribution in [-0.2, 0) is 0 Å². The first-order valence-electron chi connectivity index (χ1n) is 4.83. The van der Waals surface area contributed by atoms with Crippen molar-refractivity contribution in [2.75, 3.05) is 11.9 Å². The Morgan fingerprint density at radius 2 is 2.06 bits per heavy atom. The lowest BCUT2D eigenvalue weighted by Crippen LogP contribution is -2.29. The van der Waals surface area contributed by atoms with Crippen LogP contribution in [-0.4, -0.2) is 23.7 Å². The number of aromatic carboxylic acids is 1. The Bertz CT molecular complexity index is 503. The first-order chi connectivity index (χ1) is 8.45. The van der Waals surface area contributed by atoms with Crippen molar-refractivity contribution in [1.29, 1.82) is 0 Å². The first-order valence-corrected chi connectivity index (χ1v) is 5.59. The van der Waals surface area contributed by atoms with E-state index in [1.54, 1.807) is 0 Å². The predicted octanol–water partition coefficient (Wildman–Crippen LogP) is 3.00. The van der Waals surface area contributed by atoms with E-state index in [0.717, 1.165) is 0 Å². The van der Waals surface area contributed by atoms with E-state index >= 15 is 0 Å². The minimum atomic E-state index is -1.24. The fourth-order valence-electron chi connectivity index (χ4n) is 1.19. The van der Waals surface area contributed by atoms with Crippen molar-refractivity contribution in [1.82, 2.24) is 5.32 Å². The van der Waals surface area contributed by atoms with Crippen LogP contribution < -0.4 is 10.6 Å². The molecule has 0 atom stereocenters. The summed E-state index contributed by atoms with van der Waals surface area (Å²) in [5.41, 5.74) is -0.184. The summed E-state index contributed by atoms with van der Waals surface area (Å²) in [7, 11) is 0. The van der Waals surface area contributed by atoms with E-state index in [1.807, 2.05) is 0 Å². The van der Waals surface area contributed by atoms with Gasteiger partial charge in [0.1, 0.15) is 0 Å². The largest absolute Gasteiger partial charge is 0.478 e. The van der Waals surface area contributed by atoms with E-state index in [1.165, 1.54) is 18.2 Å². The molecule has 0 saturated carbocycles. The number of carboxylic acid groups (broad SMARTS) is 1. The number of urea groups is 1. The number of nitrogens with one attached hydrogen (secondary N) is 2. The Labute approximate surface area is 113 Å². The summed E-state index contributed by atoms with van der Waals surface area (Å²) in [4.78, 5) is 22.4. The van der Waals surface area contributed by atoms with E-state index < -0.39 is 12.0 Å². The van der Waals surface area contributed by atoms with Crippen LogP contribution in [0.5, 0.6) is 0 Å². The number of rotatable bonds is 4. The second-order valence-electron chi connectivity index (χ2n) is 3.24. The molecule has 1 aromatic carbocycles. The molecule has 3 N–H and O–H groups in total. The van der Waals surface area contributed by atoms with E-state index in [2.05, 4.69) is 17.2 Å². The summed E-state index contributed by atoms with van der Waals surface area (Å²) >= 11 is 11.5. The van der Waals surface area contributed by atoms with Gasteiger partial charge in [0.05, 0.1) is 16.3 Å². The molecule has 0 bridgehead atoms. The molecule has 0 fully saturated rings. The van der Waals surface area contributed by atoms with Crippen molar-refractivity contribution in [3.8, 4) is 0 Å². The highest BCUT2D eigenvalue weighted by Gasteiger charge is 2.16. The third-order valence-electron chi connectivity index (χ3n) is 1.93. The summed E-state index contributed by atoms with van der Waals surface area (Å²) in [6.07, 6.45) is 1.49. The van der Waals surface area contributed by atoms with Crippen molar-refractivity contribution >= 4 is 40.9 Å². The fourth-order valence-corrected chi connectivity index (χ4v) is 1.73. The van der Waals surface area contributed by atoms with Gasteiger partial charge in [0, 0.05) is 11.6 Å². The van der Waals surface area contributed by atoms with Gasteiger partial charge < -0.3 is 15.7 Å². The highest BCUT2D eigenvalue weighted by atomic mass is 35.5. The molecule has 0 radical (unpaired) electrons. The average Bonchev–Trinajstić information content (AvgIpc) is 2.29. The van der Waals surface area contributed by atoms with Crippen LogP contribution in [0.4, 0.5) is 10.5 Å². The maximum absolute atomic E-state index is 11.4. The molecule has 96 valence electrons. The molecular formula is C11H10Cl2N2O3.